The van der Waals surface area contributed by atoms with Crippen LogP contribution >= 0.6 is 30.4 Å². The van der Waals surface area contributed by atoms with Crippen molar-refractivity contribution in [2.45, 2.75) is 19.3 Å². The number of hydrogen-bond donors (Lipinski definition) is 0. The van der Waals surface area contributed by atoms with E-state index < -0.39 is 30.4 Å². The Balaban J connectivity index is 4.90. The molecule has 0 saturated carbocycles. The zero-order chi connectivity index (χ0) is 31.4. The van der Waals surface area contributed by atoms with E-state index in [0.29, 0.717) is 0 Å². The molecule has 0 radical (unpaired) electrons. The molecule has 0 spiro atoms. The van der Waals surface area contributed by atoms with Crippen LogP contribution in [-0.2, 0) is 0 Å². The molecule has 0 aromatic carbocycles. The molecule has 40 heavy (non-hydrogen) atoms. The summed E-state index contributed by atoms with van der Waals surface area (Å²) in [6.07, 6.45) is 3.52. The second-order valence-corrected chi connectivity index (χ2v) is 26.8. The Bertz CT molecular complexity index is 775. The summed E-state index contributed by atoms with van der Waals surface area (Å²) < 4.78 is 41.8. The van der Waals surface area contributed by atoms with Gasteiger partial charge in [-0.2, -0.15) is 0 Å². The molecule has 0 unspecified atom stereocenters. The molecule has 1 fully saturated rings. The van der Waals surface area contributed by atoms with Crippen LogP contribution in [0.5, 0.6) is 0 Å². The molecule has 0 aliphatic carbocycles. The van der Waals surface area contributed by atoms with E-state index in [0.717, 1.165) is 25.9 Å². The van der Waals surface area contributed by atoms with E-state index in [1.54, 1.807) is 0 Å². The van der Waals surface area contributed by atoms with Crippen molar-refractivity contribution in [1.29, 1.82) is 0 Å². The van der Waals surface area contributed by atoms with Gasteiger partial charge in [0, 0.05) is 0 Å². The van der Waals surface area contributed by atoms with Crippen molar-refractivity contribution < 1.29 is 0 Å². The molecule has 1 heterocycles. The SMILES string of the molecule is CN(C)P(=N[PH](N=P(N(C)C)(N(C)C)N(C)C)(N=P(N(C)C)(N(C)C)N(C)C)N1CCCCC1)(N(C)C)N(C)C. The van der Waals surface area contributed by atoms with Gasteiger partial charge in [-0.25, -0.2) is 0 Å². The molecule has 0 aromatic heterocycles. The molecule has 242 valence electrons. The predicted molar refractivity (Wildman–Crippen MR) is 185 cm³/mol. The summed E-state index contributed by atoms with van der Waals surface area (Å²) in [6.45, 7) is 1.92. The van der Waals surface area contributed by atoms with E-state index in [9.17, 15) is 0 Å². The Morgan fingerprint density at radius 3 is 0.750 bits per heavy atom. The first-order chi connectivity index (χ1) is 18.2. The van der Waals surface area contributed by atoms with Crippen molar-refractivity contribution in [1.82, 2.24) is 46.7 Å². The third-order valence-corrected chi connectivity index (χ3v) is 24.8. The van der Waals surface area contributed by atoms with Gasteiger partial charge in [0.25, 0.3) is 0 Å². The van der Waals surface area contributed by atoms with Crippen LogP contribution < -0.4 is 0 Å². The van der Waals surface area contributed by atoms with Gasteiger partial charge >= 0.3 is 250 Å². The minimum absolute atomic E-state index is 0.958. The third-order valence-electron chi connectivity index (χ3n) is 7.42. The van der Waals surface area contributed by atoms with Gasteiger partial charge in [-0.15, -0.1) is 0 Å². The van der Waals surface area contributed by atoms with E-state index >= 15 is 0 Å². The Hall–Kier alpha value is 0.720. The van der Waals surface area contributed by atoms with Crippen LogP contribution in [0.25, 0.3) is 0 Å². The quantitative estimate of drug-likeness (QED) is 0.261. The van der Waals surface area contributed by atoms with Crippen LogP contribution in [0.4, 0.5) is 0 Å². The fraction of sp³-hybridized carbons (Fsp3) is 1.00. The predicted octanol–water partition coefficient (Wildman–Crippen LogP) is 4.78. The molecular weight excluding hydrogens is 582 g/mol. The van der Waals surface area contributed by atoms with Gasteiger partial charge in [0.15, 0.2) is 0 Å². The molecule has 0 atom stereocenters. The van der Waals surface area contributed by atoms with Crippen LogP contribution in [0, 0.1) is 0 Å². The van der Waals surface area contributed by atoms with Crippen molar-refractivity contribution in [3.63, 3.8) is 0 Å². The first kappa shape index (κ1) is 38.7. The summed E-state index contributed by atoms with van der Waals surface area (Å²) in [5.41, 5.74) is 0. The summed E-state index contributed by atoms with van der Waals surface area (Å²) in [7, 11) is 28.3. The molecule has 1 saturated heterocycles. The fourth-order valence-electron chi connectivity index (χ4n) is 6.01. The monoisotopic (exact) mass is 647 g/mol. The summed E-state index contributed by atoms with van der Waals surface area (Å²) in [4.78, 5) is 0. The molecule has 1 aliphatic rings. The third kappa shape index (κ3) is 7.33. The average Bonchev–Trinajstić information content (AvgIpc) is 2.82. The normalized spacial score (nSPS) is 17.6. The van der Waals surface area contributed by atoms with Crippen molar-refractivity contribution in [3.8, 4) is 0 Å². The van der Waals surface area contributed by atoms with Crippen molar-refractivity contribution >= 4 is 30.4 Å². The summed E-state index contributed by atoms with van der Waals surface area (Å²) >= 11 is 0. The Morgan fingerprint density at radius 2 is 0.575 bits per heavy atom. The summed E-state index contributed by atoms with van der Waals surface area (Å²) in [5, 5.41) is 0. The summed E-state index contributed by atoms with van der Waals surface area (Å²) in [5.74, 6) is 0. The Kier molecular flexibility index (Phi) is 14.7. The van der Waals surface area contributed by atoms with Gasteiger partial charge in [-0.3, -0.25) is 0 Å². The van der Waals surface area contributed by atoms with Gasteiger partial charge in [0.05, 0.1) is 0 Å². The van der Waals surface area contributed by atoms with Crippen molar-refractivity contribution in [3.05, 3.63) is 0 Å². The van der Waals surface area contributed by atoms with Crippen molar-refractivity contribution in [2.24, 2.45) is 13.5 Å². The maximum atomic E-state index is 6.14. The van der Waals surface area contributed by atoms with Gasteiger partial charge in [-0.1, -0.05) is 0 Å². The number of hydrogen-bond acceptors (Lipinski definition) is 4. The zero-order valence-corrected chi connectivity index (χ0v) is 32.9. The van der Waals surface area contributed by atoms with Crippen LogP contribution in [-0.4, -0.2) is 187 Å². The van der Waals surface area contributed by atoms with Crippen LogP contribution in [0.3, 0.4) is 0 Å². The van der Waals surface area contributed by atoms with Gasteiger partial charge < -0.3 is 0 Å². The van der Waals surface area contributed by atoms with E-state index in [4.69, 9.17) is 13.5 Å². The molecule has 0 amide bonds. The standard InChI is InChI=1S/C23H65N13P4/c1-27(2)38(28(3)4,29(5)6)24-37(36-22-20-19-21-23-36,25-39(30(7)8,31(9)10)32(11)12)26-40(33(13)14,34(15)16)35(17)18/h37H,19-23H2,1-18H3. The van der Waals surface area contributed by atoms with E-state index in [-0.39, 0.29) is 0 Å². The molecule has 1 aliphatic heterocycles. The average molecular weight is 648 g/mol. The first-order valence-electron chi connectivity index (χ1n) is 14.0. The summed E-state index contributed by atoms with van der Waals surface area (Å²) in [6, 6.07) is 0. The van der Waals surface area contributed by atoms with E-state index in [1.807, 2.05) is 0 Å². The second-order valence-electron chi connectivity index (χ2n) is 12.2. The van der Waals surface area contributed by atoms with Gasteiger partial charge in [0.2, 0.25) is 0 Å². The number of rotatable bonds is 13. The maximum absolute atomic E-state index is 6.14. The molecule has 0 bridgehead atoms. The van der Waals surface area contributed by atoms with Crippen molar-refractivity contribution in [2.75, 3.05) is 140 Å². The van der Waals surface area contributed by atoms with Crippen LogP contribution in [0.1, 0.15) is 19.3 Å². The molecule has 17 heteroatoms. The van der Waals surface area contributed by atoms with E-state index in [2.05, 4.69) is 174 Å². The molecule has 13 nitrogen and oxygen atoms in total. The topological polar surface area (TPSA) is 69.5 Å². The molecule has 1 rings (SSSR count). The molecular formula is C23H65N13P4. The number of nitrogens with zero attached hydrogens (tertiary/aromatic N) is 13. The second kappa shape index (κ2) is 15.1. The minimum atomic E-state index is -3.38. The number of piperidine rings is 1. The molecule has 0 aromatic rings. The first-order valence-corrected chi connectivity index (χ1v) is 20.6. The van der Waals surface area contributed by atoms with E-state index in [1.165, 1.54) is 6.42 Å². The van der Waals surface area contributed by atoms with Gasteiger partial charge in [0.1, 0.15) is 0 Å². The van der Waals surface area contributed by atoms with Gasteiger partial charge in [-0.05, 0) is 0 Å². The molecule has 0 N–H and O–H groups in total. The zero-order valence-electron chi connectivity index (χ0n) is 29.2. The van der Waals surface area contributed by atoms with Crippen LogP contribution in [0.15, 0.2) is 13.5 Å². The Labute approximate surface area is 249 Å². The fourth-order valence-corrected chi connectivity index (χ4v) is 27.2. The Morgan fingerprint density at radius 1 is 0.375 bits per heavy atom. The van der Waals surface area contributed by atoms with Crippen LogP contribution in [0.2, 0.25) is 0 Å².